The van der Waals surface area contributed by atoms with Gasteiger partial charge in [-0.25, -0.2) is 9.97 Å². The Morgan fingerprint density at radius 3 is 2.45 bits per heavy atom. The number of aryl methyl sites for hydroxylation is 1. The predicted octanol–water partition coefficient (Wildman–Crippen LogP) is 5.13. The number of carbonyl (C=O) groups excluding carboxylic acids is 2. The van der Waals surface area contributed by atoms with E-state index >= 15 is 0 Å². The molecule has 1 fully saturated rings. The van der Waals surface area contributed by atoms with Gasteiger partial charge in [0.2, 0.25) is 11.7 Å². The van der Waals surface area contributed by atoms with Gasteiger partial charge in [-0.05, 0) is 63.6 Å². The SMILES string of the molecule is CCc1c(N2CCN(C(=O)c3ncnc(C)c3O)CC2)c(=O)n2nc(-c3ccc4nn(C(C)C)cc4c3)nc2n1CC(=O)Nc1ccc(C(F)(F)F)cc1Cl. The summed E-state index contributed by atoms with van der Waals surface area (Å²) in [5.41, 5.74) is 0.703. The number of carbonyl (C=O) groups is 2. The average Bonchev–Trinajstić information content (AvgIpc) is 3.80. The van der Waals surface area contributed by atoms with Crippen molar-refractivity contribution < 1.29 is 27.9 Å². The first-order valence-electron chi connectivity index (χ1n) is 17.4. The lowest BCUT2D eigenvalue weighted by Crippen LogP contribution is -2.51. The van der Waals surface area contributed by atoms with E-state index in [0.717, 1.165) is 33.6 Å². The molecule has 55 heavy (non-hydrogen) atoms. The van der Waals surface area contributed by atoms with Crippen LogP contribution >= 0.6 is 11.6 Å². The topological polar surface area (TPSA) is 169 Å². The predicted molar refractivity (Wildman–Crippen MR) is 197 cm³/mol. The Labute approximate surface area is 316 Å². The fourth-order valence-corrected chi connectivity index (χ4v) is 6.76. The van der Waals surface area contributed by atoms with E-state index in [2.05, 4.69) is 25.5 Å². The zero-order valence-electron chi connectivity index (χ0n) is 30.1. The molecule has 0 bridgehead atoms. The third kappa shape index (κ3) is 7.04. The number of halogens is 4. The van der Waals surface area contributed by atoms with Crippen molar-refractivity contribution in [2.45, 2.75) is 52.9 Å². The summed E-state index contributed by atoms with van der Waals surface area (Å²) >= 11 is 6.15. The van der Waals surface area contributed by atoms with Crippen molar-refractivity contribution in [1.82, 2.24) is 43.8 Å². The molecular weight excluding hydrogens is 743 g/mol. The van der Waals surface area contributed by atoms with Crippen LogP contribution in [-0.2, 0) is 23.9 Å². The van der Waals surface area contributed by atoms with Crippen LogP contribution in [0.1, 0.15) is 54.3 Å². The number of nitrogens with one attached hydrogen (secondary N) is 1. The minimum Gasteiger partial charge on any atom is -0.504 e. The first-order valence-corrected chi connectivity index (χ1v) is 17.8. The Morgan fingerprint density at radius 2 is 1.78 bits per heavy atom. The number of aromatic hydroxyl groups is 1. The number of rotatable bonds is 8. The fourth-order valence-electron chi connectivity index (χ4n) is 6.53. The average molecular weight is 778 g/mol. The maximum Gasteiger partial charge on any atom is 0.416 e. The summed E-state index contributed by atoms with van der Waals surface area (Å²) in [7, 11) is 0. The molecule has 286 valence electrons. The van der Waals surface area contributed by atoms with Gasteiger partial charge in [0.1, 0.15) is 18.6 Å². The lowest BCUT2D eigenvalue weighted by Gasteiger charge is -2.36. The first-order chi connectivity index (χ1) is 26.1. The zero-order valence-corrected chi connectivity index (χ0v) is 30.9. The molecule has 0 saturated carbocycles. The highest BCUT2D eigenvalue weighted by Gasteiger charge is 2.32. The Hall–Kier alpha value is -6.04. The van der Waals surface area contributed by atoms with Crippen molar-refractivity contribution >= 4 is 51.5 Å². The van der Waals surface area contributed by atoms with Crippen LogP contribution in [0, 0.1) is 6.92 Å². The van der Waals surface area contributed by atoms with Gasteiger partial charge in [0.25, 0.3) is 11.5 Å². The first kappa shape index (κ1) is 37.3. The molecule has 7 rings (SSSR count). The largest absolute Gasteiger partial charge is 0.504 e. The summed E-state index contributed by atoms with van der Waals surface area (Å²) in [6.45, 7) is 7.79. The van der Waals surface area contributed by atoms with Crippen molar-refractivity contribution in [3.63, 3.8) is 0 Å². The minimum absolute atomic E-state index is 0.0295. The van der Waals surface area contributed by atoms with Gasteiger partial charge in [0.15, 0.2) is 17.3 Å². The van der Waals surface area contributed by atoms with E-state index in [-0.39, 0.29) is 83.8 Å². The highest BCUT2D eigenvalue weighted by molar-refractivity contribution is 6.33. The summed E-state index contributed by atoms with van der Waals surface area (Å²) < 4.78 is 44.3. The van der Waals surface area contributed by atoms with E-state index < -0.39 is 35.7 Å². The van der Waals surface area contributed by atoms with Crippen LogP contribution in [0.4, 0.5) is 24.5 Å². The maximum atomic E-state index is 14.4. The quantitative estimate of drug-likeness (QED) is 0.212. The van der Waals surface area contributed by atoms with Gasteiger partial charge in [0.05, 0.1) is 33.2 Å². The molecule has 0 unspecified atom stereocenters. The van der Waals surface area contributed by atoms with Gasteiger partial charge in [-0.15, -0.1) is 5.10 Å². The number of nitrogens with zero attached hydrogens (tertiary/aromatic N) is 10. The van der Waals surface area contributed by atoms with E-state index in [1.807, 2.05) is 48.7 Å². The Kier molecular flexibility index (Phi) is 9.70. The Bertz CT molecular complexity index is 2540. The minimum atomic E-state index is -4.62. The molecule has 2 amide bonds. The molecule has 5 heterocycles. The lowest BCUT2D eigenvalue weighted by molar-refractivity contribution is -0.137. The number of piperazine rings is 1. The van der Waals surface area contributed by atoms with Gasteiger partial charge < -0.3 is 24.8 Å². The molecule has 1 aliphatic rings. The second kappa shape index (κ2) is 14.3. The molecule has 4 aromatic heterocycles. The highest BCUT2D eigenvalue weighted by atomic mass is 35.5. The van der Waals surface area contributed by atoms with Crippen molar-refractivity contribution in [2.75, 3.05) is 36.4 Å². The zero-order chi connectivity index (χ0) is 39.3. The van der Waals surface area contributed by atoms with Crippen LogP contribution in [0.2, 0.25) is 5.02 Å². The molecule has 0 atom stereocenters. The molecule has 0 spiro atoms. The van der Waals surface area contributed by atoms with E-state index in [4.69, 9.17) is 16.6 Å². The Balaban J connectivity index is 1.27. The van der Waals surface area contributed by atoms with Crippen molar-refractivity contribution in [3.05, 3.63) is 86.9 Å². The molecule has 15 nitrogen and oxygen atoms in total. The fraction of sp³-hybridized carbons (Fsp3) is 0.333. The summed E-state index contributed by atoms with van der Waals surface area (Å²) in [5, 5.41) is 22.7. The van der Waals surface area contributed by atoms with Gasteiger partial charge in [-0.2, -0.15) is 27.8 Å². The number of amides is 2. The third-order valence-corrected chi connectivity index (χ3v) is 9.75. The standard InChI is InChI=1S/C36H35ClF3N11O4/c1-5-27-30(47-10-12-48(13-11-47)33(54)29-31(53)20(4)41-18-42-29)34(55)51-35(44-32(46-51)21-6-8-25-22(14-21)16-50(45-25)19(2)3)49(27)17-28(52)43-26-9-7-23(15-24(26)37)36(38,39)40/h6-9,14-16,18-19,53H,5,10-13,17H2,1-4H3,(H,43,52). The number of benzene rings is 2. The molecule has 0 radical (unpaired) electrons. The maximum absolute atomic E-state index is 14.4. The van der Waals surface area contributed by atoms with Gasteiger partial charge in [-0.3, -0.25) is 19.1 Å². The molecule has 0 aliphatic carbocycles. The number of hydrogen-bond acceptors (Lipinski definition) is 10. The summed E-state index contributed by atoms with van der Waals surface area (Å²) in [6, 6.07) is 8.23. The number of hydrogen-bond donors (Lipinski definition) is 2. The van der Waals surface area contributed by atoms with Gasteiger partial charge >= 0.3 is 6.18 Å². The second-order valence-corrected chi connectivity index (χ2v) is 13.7. The third-order valence-electron chi connectivity index (χ3n) is 9.43. The summed E-state index contributed by atoms with van der Waals surface area (Å²) in [4.78, 5) is 57.3. The van der Waals surface area contributed by atoms with E-state index in [9.17, 15) is 32.7 Å². The Morgan fingerprint density at radius 1 is 1.04 bits per heavy atom. The van der Waals surface area contributed by atoms with E-state index in [1.165, 1.54) is 11.2 Å². The van der Waals surface area contributed by atoms with Crippen LogP contribution in [0.15, 0.2) is 53.7 Å². The smallest absolute Gasteiger partial charge is 0.416 e. The number of aromatic nitrogens is 8. The molecular formula is C36H35ClF3N11O4. The van der Waals surface area contributed by atoms with Crippen molar-refractivity contribution in [1.29, 1.82) is 0 Å². The second-order valence-electron chi connectivity index (χ2n) is 13.3. The van der Waals surface area contributed by atoms with Crippen LogP contribution < -0.4 is 15.8 Å². The molecule has 2 N–H and O–H groups in total. The normalized spacial score (nSPS) is 13.7. The van der Waals surface area contributed by atoms with Gasteiger partial charge in [0, 0.05) is 49.4 Å². The van der Waals surface area contributed by atoms with Crippen molar-refractivity contribution in [3.8, 4) is 17.1 Å². The lowest BCUT2D eigenvalue weighted by atomic mass is 10.1. The number of anilines is 2. The molecule has 2 aromatic carbocycles. The monoisotopic (exact) mass is 777 g/mol. The van der Waals surface area contributed by atoms with Crippen LogP contribution in [-0.4, -0.2) is 86.9 Å². The molecule has 1 aliphatic heterocycles. The van der Waals surface area contributed by atoms with E-state index in [0.29, 0.717) is 11.3 Å². The summed E-state index contributed by atoms with van der Waals surface area (Å²) in [5.74, 6) is -1.15. The van der Waals surface area contributed by atoms with Crippen LogP contribution in [0.5, 0.6) is 5.75 Å². The molecule has 6 aromatic rings. The molecule has 1 saturated heterocycles. The van der Waals surface area contributed by atoms with Crippen LogP contribution in [0.25, 0.3) is 28.1 Å². The number of alkyl halides is 3. The van der Waals surface area contributed by atoms with Gasteiger partial charge in [-0.1, -0.05) is 18.5 Å². The number of fused-ring (bicyclic) bond motifs is 2. The van der Waals surface area contributed by atoms with E-state index in [1.54, 1.807) is 17.6 Å². The van der Waals surface area contributed by atoms with Crippen LogP contribution in [0.3, 0.4) is 0 Å². The summed E-state index contributed by atoms with van der Waals surface area (Å²) in [6.07, 6.45) is -1.25. The van der Waals surface area contributed by atoms with Crippen molar-refractivity contribution in [2.24, 2.45) is 0 Å². The molecule has 19 heteroatoms. The highest BCUT2D eigenvalue weighted by Crippen LogP contribution is 2.34.